The molecule has 0 radical (unpaired) electrons. The number of hydrogen-bond acceptors (Lipinski definition) is 5. The highest BCUT2D eigenvalue weighted by Crippen LogP contribution is 2.31. The second-order valence-corrected chi connectivity index (χ2v) is 8.11. The molecule has 0 aliphatic rings. The molecule has 1 N–H and O–H groups in total. The molecule has 0 fully saturated rings. The fraction of sp³-hybridized carbons (Fsp3) is 0.0588. The lowest BCUT2D eigenvalue weighted by molar-refractivity contribution is 0.102. The summed E-state index contributed by atoms with van der Waals surface area (Å²) in [5, 5.41) is 8.41. The van der Waals surface area contributed by atoms with Crippen LogP contribution in [0.1, 0.15) is 15.2 Å². The number of thiazole rings is 1. The van der Waals surface area contributed by atoms with Gasteiger partial charge >= 0.3 is 0 Å². The Balaban J connectivity index is 1.58. The minimum Gasteiger partial charge on any atom is -0.298 e. The molecule has 0 aliphatic heterocycles. The van der Waals surface area contributed by atoms with Gasteiger partial charge in [0.1, 0.15) is 0 Å². The van der Waals surface area contributed by atoms with E-state index in [9.17, 15) is 4.79 Å². The average Bonchev–Trinajstić information content (AvgIpc) is 3.25. The van der Waals surface area contributed by atoms with Crippen LogP contribution in [-0.2, 0) is 0 Å². The minimum atomic E-state index is -0.106. The Hall–Kier alpha value is -2.02. The first-order chi connectivity index (χ1) is 11.2. The Morgan fingerprint density at radius 2 is 1.96 bits per heavy atom. The van der Waals surface area contributed by atoms with E-state index in [-0.39, 0.29) is 5.91 Å². The van der Waals surface area contributed by atoms with Crippen molar-refractivity contribution in [3.8, 4) is 10.6 Å². The summed E-state index contributed by atoms with van der Waals surface area (Å²) in [5.41, 5.74) is 1.62. The topological polar surface area (TPSA) is 42.0 Å². The van der Waals surface area contributed by atoms with Crippen molar-refractivity contribution in [2.24, 2.45) is 0 Å². The lowest BCUT2D eigenvalue weighted by Crippen LogP contribution is -2.10. The molecule has 0 atom stereocenters. The lowest BCUT2D eigenvalue weighted by Gasteiger charge is -2.00. The molecular weight excluding hydrogens is 344 g/mol. The van der Waals surface area contributed by atoms with Gasteiger partial charge in [-0.15, -0.1) is 34.0 Å². The number of carbonyl (C=O) groups is 1. The Morgan fingerprint density at radius 1 is 1.09 bits per heavy atom. The van der Waals surface area contributed by atoms with Gasteiger partial charge in [-0.05, 0) is 25.1 Å². The van der Waals surface area contributed by atoms with Crippen molar-refractivity contribution in [1.29, 1.82) is 0 Å². The van der Waals surface area contributed by atoms with Crippen LogP contribution in [0.25, 0.3) is 20.7 Å². The van der Waals surface area contributed by atoms with Gasteiger partial charge in [-0.25, -0.2) is 4.98 Å². The largest absolute Gasteiger partial charge is 0.298 e. The molecule has 4 rings (SSSR count). The Labute approximate surface area is 145 Å². The summed E-state index contributed by atoms with van der Waals surface area (Å²) in [4.78, 5) is 19.4. The SMILES string of the molecule is Cc1ccc(-c2csc(NC(=O)c3csc4ccccc34)n2)s1. The molecule has 6 heteroatoms. The lowest BCUT2D eigenvalue weighted by atomic mass is 10.2. The van der Waals surface area contributed by atoms with Crippen LogP contribution in [0.15, 0.2) is 47.2 Å². The van der Waals surface area contributed by atoms with Crippen molar-refractivity contribution < 1.29 is 4.79 Å². The highest BCUT2D eigenvalue weighted by Gasteiger charge is 2.14. The van der Waals surface area contributed by atoms with Gasteiger partial charge < -0.3 is 0 Å². The van der Waals surface area contributed by atoms with Crippen LogP contribution in [-0.4, -0.2) is 10.9 Å². The van der Waals surface area contributed by atoms with Gasteiger partial charge in [0.2, 0.25) is 0 Å². The van der Waals surface area contributed by atoms with E-state index in [1.165, 1.54) is 16.2 Å². The first-order valence-corrected chi connectivity index (χ1v) is 9.58. The van der Waals surface area contributed by atoms with Crippen LogP contribution in [0, 0.1) is 6.92 Å². The number of nitrogens with one attached hydrogen (secondary N) is 1. The molecule has 4 aromatic rings. The highest BCUT2D eigenvalue weighted by atomic mass is 32.1. The van der Waals surface area contributed by atoms with E-state index in [2.05, 4.69) is 29.4 Å². The fourth-order valence-electron chi connectivity index (χ4n) is 2.33. The number of nitrogens with zero attached hydrogens (tertiary/aromatic N) is 1. The van der Waals surface area contributed by atoms with Gasteiger partial charge in [0.25, 0.3) is 5.91 Å². The van der Waals surface area contributed by atoms with Crippen molar-refractivity contribution in [1.82, 2.24) is 4.98 Å². The van der Waals surface area contributed by atoms with E-state index in [1.807, 2.05) is 35.0 Å². The number of hydrogen-bond donors (Lipinski definition) is 1. The van der Waals surface area contributed by atoms with Crippen LogP contribution in [0.3, 0.4) is 0 Å². The van der Waals surface area contributed by atoms with Gasteiger partial charge in [0.15, 0.2) is 5.13 Å². The Bertz CT molecular complexity index is 996. The highest BCUT2D eigenvalue weighted by molar-refractivity contribution is 7.18. The first kappa shape index (κ1) is 14.6. The molecule has 0 saturated carbocycles. The van der Waals surface area contributed by atoms with Crippen molar-refractivity contribution in [3.05, 3.63) is 57.6 Å². The maximum absolute atomic E-state index is 12.5. The van der Waals surface area contributed by atoms with Crippen molar-refractivity contribution in [3.63, 3.8) is 0 Å². The minimum absolute atomic E-state index is 0.106. The molecule has 0 unspecified atom stereocenters. The standard InChI is InChI=1S/C17H12N2OS3/c1-10-6-7-15(23-10)13-9-22-17(18-13)19-16(20)12-8-21-14-5-3-2-4-11(12)14/h2-9H,1H3,(H,18,19,20). The predicted octanol–water partition coefficient (Wildman–Crippen LogP) is 5.65. The van der Waals surface area contributed by atoms with Gasteiger partial charge in [0, 0.05) is 25.7 Å². The quantitative estimate of drug-likeness (QED) is 0.515. The Morgan fingerprint density at radius 3 is 2.78 bits per heavy atom. The fourth-order valence-corrected chi connectivity index (χ4v) is 4.88. The van der Waals surface area contributed by atoms with E-state index >= 15 is 0 Å². The van der Waals surface area contributed by atoms with Crippen LogP contribution in [0.5, 0.6) is 0 Å². The van der Waals surface area contributed by atoms with Gasteiger partial charge in [-0.3, -0.25) is 10.1 Å². The summed E-state index contributed by atoms with van der Waals surface area (Å²) in [5.74, 6) is -0.106. The molecule has 0 aliphatic carbocycles. The number of aryl methyl sites for hydroxylation is 1. The van der Waals surface area contributed by atoms with E-state index in [1.54, 1.807) is 22.7 Å². The first-order valence-electron chi connectivity index (χ1n) is 7.00. The number of fused-ring (bicyclic) bond motifs is 1. The number of anilines is 1. The number of amides is 1. The monoisotopic (exact) mass is 356 g/mol. The number of thiophene rings is 2. The second kappa shape index (κ2) is 5.88. The summed E-state index contributed by atoms with van der Waals surface area (Å²) < 4.78 is 1.12. The molecule has 3 aromatic heterocycles. The molecule has 0 saturated heterocycles. The summed E-state index contributed by atoms with van der Waals surface area (Å²) >= 11 is 4.74. The maximum atomic E-state index is 12.5. The van der Waals surface area contributed by atoms with Gasteiger partial charge in [0.05, 0.1) is 16.1 Å². The third kappa shape index (κ3) is 2.81. The number of benzene rings is 1. The van der Waals surface area contributed by atoms with Crippen molar-refractivity contribution in [2.75, 3.05) is 5.32 Å². The van der Waals surface area contributed by atoms with E-state index < -0.39 is 0 Å². The molecule has 1 amide bonds. The number of carbonyl (C=O) groups excluding carboxylic acids is 1. The molecule has 0 spiro atoms. The van der Waals surface area contributed by atoms with Crippen LogP contribution in [0.4, 0.5) is 5.13 Å². The van der Waals surface area contributed by atoms with Crippen LogP contribution < -0.4 is 5.32 Å². The molecular formula is C17H12N2OS3. The molecule has 3 heterocycles. The van der Waals surface area contributed by atoms with Crippen LogP contribution in [0.2, 0.25) is 0 Å². The maximum Gasteiger partial charge on any atom is 0.258 e. The summed E-state index contributed by atoms with van der Waals surface area (Å²) in [6.45, 7) is 2.07. The zero-order valence-corrected chi connectivity index (χ0v) is 14.6. The molecule has 3 nitrogen and oxygen atoms in total. The van der Waals surface area contributed by atoms with E-state index in [0.29, 0.717) is 10.7 Å². The van der Waals surface area contributed by atoms with E-state index in [4.69, 9.17) is 0 Å². The molecule has 23 heavy (non-hydrogen) atoms. The summed E-state index contributed by atoms with van der Waals surface area (Å²) in [6.07, 6.45) is 0. The van der Waals surface area contributed by atoms with Gasteiger partial charge in [-0.1, -0.05) is 18.2 Å². The number of aromatic nitrogens is 1. The van der Waals surface area contributed by atoms with Crippen LogP contribution >= 0.6 is 34.0 Å². The van der Waals surface area contributed by atoms with E-state index in [0.717, 1.165) is 20.7 Å². The summed E-state index contributed by atoms with van der Waals surface area (Å²) in [7, 11) is 0. The smallest absolute Gasteiger partial charge is 0.258 e. The molecule has 114 valence electrons. The predicted molar refractivity (Wildman–Crippen MR) is 99.9 cm³/mol. The zero-order chi connectivity index (χ0) is 15.8. The van der Waals surface area contributed by atoms with Gasteiger partial charge in [-0.2, -0.15) is 0 Å². The molecule has 1 aromatic carbocycles. The Kier molecular flexibility index (Phi) is 3.72. The van der Waals surface area contributed by atoms with Crippen molar-refractivity contribution >= 4 is 55.1 Å². The second-order valence-electron chi connectivity index (χ2n) is 5.05. The van der Waals surface area contributed by atoms with Crippen molar-refractivity contribution in [2.45, 2.75) is 6.92 Å². The third-order valence-corrected chi connectivity index (χ3v) is 6.19. The average molecular weight is 356 g/mol. The molecule has 0 bridgehead atoms. The normalized spacial score (nSPS) is 11.0. The third-order valence-electron chi connectivity index (χ3n) is 3.44. The summed E-state index contributed by atoms with van der Waals surface area (Å²) in [6, 6.07) is 12.1. The zero-order valence-electron chi connectivity index (χ0n) is 12.2. The number of rotatable bonds is 3.